The number of hydrogen-bond acceptors (Lipinski definition) is 4. The van der Waals surface area contributed by atoms with E-state index in [1.54, 1.807) is 0 Å². The van der Waals surface area contributed by atoms with Crippen molar-refractivity contribution in [3.8, 4) is 11.4 Å². The molecule has 1 aliphatic carbocycles. The van der Waals surface area contributed by atoms with Gasteiger partial charge in [-0.1, -0.05) is 18.0 Å². The predicted octanol–water partition coefficient (Wildman–Crippen LogP) is 3.03. The van der Waals surface area contributed by atoms with E-state index in [0.717, 1.165) is 31.4 Å². The molecule has 2 unspecified atom stereocenters. The summed E-state index contributed by atoms with van der Waals surface area (Å²) in [5, 5.41) is 13.7. The molecular formula is C14H14F2N2O2. The SMILES string of the molecule is OC1CCCCC1c1nc(-c2ccc(F)c(F)c2)no1. The molecule has 6 heteroatoms. The molecule has 1 aromatic carbocycles. The Morgan fingerprint density at radius 2 is 1.95 bits per heavy atom. The lowest BCUT2D eigenvalue weighted by atomic mass is 9.86. The number of aliphatic hydroxyl groups excluding tert-OH is 1. The Hall–Kier alpha value is -1.82. The van der Waals surface area contributed by atoms with Crippen molar-refractivity contribution >= 4 is 0 Å². The maximum atomic E-state index is 13.2. The number of halogens is 2. The van der Waals surface area contributed by atoms with Crippen molar-refractivity contribution in [2.45, 2.75) is 37.7 Å². The summed E-state index contributed by atoms with van der Waals surface area (Å²) in [5.74, 6) is -1.48. The first-order valence-electron chi connectivity index (χ1n) is 6.62. The number of hydrogen-bond donors (Lipinski definition) is 1. The molecule has 1 aromatic heterocycles. The van der Waals surface area contributed by atoms with Crippen LogP contribution in [0, 0.1) is 11.6 Å². The van der Waals surface area contributed by atoms with Crippen LogP contribution in [0.25, 0.3) is 11.4 Å². The number of aliphatic hydroxyl groups is 1. The third-order valence-corrected chi connectivity index (χ3v) is 3.67. The summed E-state index contributed by atoms with van der Waals surface area (Å²) in [6.45, 7) is 0. The molecule has 1 heterocycles. The van der Waals surface area contributed by atoms with Gasteiger partial charge in [-0.3, -0.25) is 0 Å². The summed E-state index contributed by atoms with van der Waals surface area (Å²) in [6.07, 6.45) is 3.02. The van der Waals surface area contributed by atoms with Crippen LogP contribution in [0.2, 0.25) is 0 Å². The second kappa shape index (κ2) is 5.28. The van der Waals surface area contributed by atoms with Crippen molar-refractivity contribution in [3.63, 3.8) is 0 Å². The van der Waals surface area contributed by atoms with Gasteiger partial charge in [0.2, 0.25) is 11.7 Å². The highest BCUT2D eigenvalue weighted by Gasteiger charge is 2.29. The minimum atomic E-state index is -0.952. The molecule has 2 aromatic rings. The van der Waals surface area contributed by atoms with Gasteiger partial charge in [0.25, 0.3) is 0 Å². The van der Waals surface area contributed by atoms with Gasteiger partial charge in [-0.05, 0) is 31.0 Å². The molecular weight excluding hydrogens is 266 g/mol. The van der Waals surface area contributed by atoms with Crippen LogP contribution in [0.5, 0.6) is 0 Å². The first-order valence-corrected chi connectivity index (χ1v) is 6.62. The van der Waals surface area contributed by atoms with Crippen LogP contribution < -0.4 is 0 Å². The fraction of sp³-hybridized carbons (Fsp3) is 0.429. The van der Waals surface area contributed by atoms with E-state index in [4.69, 9.17) is 4.52 Å². The van der Waals surface area contributed by atoms with Crippen LogP contribution in [-0.2, 0) is 0 Å². The van der Waals surface area contributed by atoms with Gasteiger partial charge in [0.05, 0.1) is 12.0 Å². The molecule has 0 saturated heterocycles. The van der Waals surface area contributed by atoms with Gasteiger partial charge in [-0.25, -0.2) is 8.78 Å². The molecule has 4 nitrogen and oxygen atoms in total. The minimum Gasteiger partial charge on any atom is -0.392 e. The van der Waals surface area contributed by atoms with Gasteiger partial charge >= 0.3 is 0 Å². The summed E-state index contributed by atoms with van der Waals surface area (Å²) >= 11 is 0. The zero-order valence-electron chi connectivity index (χ0n) is 10.7. The lowest BCUT2D eigenvalue weighted by molar-refractivity contribution is 0.0908. The van der Waals surface area contributed by atoms with Crippen LogP contribution in [-0.4, -0.2) is 21.4 Å². The number of rotatable bonds is 2. The maximum absolute atomic E-state index is 13.2. The van der Waals surface area contributed by atoms with E-state index in [2.05, 4.69) is 10.1 Å². The van der Waals surface area contributed by atoms with Gasteiger partial charge in [0.1, 0.15) is 0 Å². The average Bonchev–Trinajstić information content (AvgIpc) is 2.92. The fourth-order valence-electron chi connectivity index (χ4n) is 2.54. The Labute approximate surface area is 114 Å². The molecule has 0 bridgehead atoms. The zero-order valence-corrected chi connectivity index (χ0v) is 10.7. The lowest BCUT2D eigenvalue weighted by Gasteiger charge is -2.24. The van der Waals surface area contributed by atoms with E-state index < -0.39 is 17.7 Å². The summed E-state index contributed by atoms with van der Waals surface area (Å²) in [6, 6.07) is 3.45. The van der Waals surface area contributed by atoms with Gasteiger partial charge in [-0.2, -0.15) is 4.98 Å². The van der Waals surface area contributed by atoms with Crippen molar-refractivity contribution in [3.05, 3.63) is 35.7 Å². The normalized spacial score (nSPS) is 22.9. The highest BCUT2D eigenvalue weighted by molar-refractivity contribution is 5.54. The molecule has 20 heavy (non-hydrogen) atoms. The van der Waals surface area contributed by atoms with E-state index >= 15 is 0 Å². The Morgan fingerprint density at radius 1 is 1.15 bits per heavy atom. The van der Waals surface area contributed by atoms with Crippen LogP contribution in [0.4, 0.5) is 8.78 Å². The standard InChI is InChI=1S/C14H14F2N2O2/c15-10-6-5-8(7-11(10)16)13-17-14(20-18-13)9-3-1-2-4-12(9)19/h5-7,9,12,19H,1-4H2. The molecule has 0 radical (unpaired) electrons. The molecule has 2 atom stereocenters. The number of nitrogens with zero attached hydrogens (tertiary/aromatic N) is 2. The molecule has 0 amide bonds. The summed E-state index contributed by atoms with van der Waals surface area (Å²) in [4.78, 5) is 4.20. The van der Waals surface area contributed by atoms with E-state index in [1.165, 1.54) is 6.07 Å². The summed E-state index contributed by atoms with van der Waals surface area (Å²) in [7, 11) is 0. The van der Waals surface area contributed by atoms with Crippen molar-refractivity contribution in [1.82, 2.24) is 10.1 Å². The van der Waals surface area contributed by atoms with Crippen molar-refractivity contribution in [2.24, 2.45) is 0 Å². The van der Waals surface area contributed by atoms with Gasteiger partial charge in [0.15, 0.2) is 11.6 Å². The van der Waals surface area contributed by atoms with Crippen molar-refractivity contribution in [2.75, 3.05) is 0 Å². The second-order valence-electron chi connectivity index (χ2n) is 5.04. The molecule has 1 fully saturated rings. The quantitative estimate of drug-likeness (QED) is 0.918. The Morgan fingerprint density at radius 3 is 2.70 bits per heavy atom. The first-order chi connectivity index (χ1) is 9.65. The zero-order chi connectivity index (χ0) is 14.1. The lowest BCUT2D eigenvalue weighted by Crippen LogP contribution is -2.22. The van der Waals surface area contributed by atoms with E-state index in [1.807, 2.05) is 0 Å². The molecule has 106 valence electrons. The molecule has 0 aliphatic heterocycles. The molecule has 3 rings (SSSR count). The molecule has 1 N–H and O–H groups in total. The maximum Gasteiger partial charge on any atom is 0.232 e. The van der Waals surface area contributed by atoms with E-state index in [9.17, 15) is 13.9 Å². The van der Waals surface area contributed by atoms with Gasteiger partial charge < -0.3 is 9.63 Å². The highest BCUT2D eigenvalue weighted by Crippen LogP contribution is 2.33. The highest BCUT2D eigenvalue weighted by atomic mass is 19.2. The molecule has 1 aliphatic rings. The third kappa shape index (κ3) is 2.43. The third-order valence-electron chi connectivity index (χ3n) is 3.67. The van der Waals surface area contributed by atoms with Crippen LogP contribution in [0.3, 0.4) is 0 Å². The van der Waals surface area contributed by atoms with E-state index in [0.29, 0.717) is 17.9 Å². The van der Waals surface area contributed by atoms with Crippen molar-refractivity contribution < 1.29 is 18.4 Å². The second-order valence-corrected chi connectivity index (χ2v) is 5.04. The van der Waals surface area contributed by atoms with Gasteiger partial charge in [0, 0.05) is 5.56 Å². The smallest absolute Gasteiger partial charge is 0.232 e. The Balaban J connectivity index is 1.87. The van der Waals surface area contributed by atoms with Crippen LogP contribution >= 0.6 is 0 Å². The van der Waals surface area contributed by atoms with E-state index in [-0.39, 0.29) is 11.7 Å². The number of benzene rings is 1. The topological polar surface area (TPSA) is 59.2 Å². The largest absolute Gasteiger partial charge is 0.392 e. The number of aromatic nitrogens is 2. The fourth-order valence-corrected chi connectivity index (χ4v) is 2.54. The average molecular weight is 280 g/mol. The minimum absolute atomic E-state index is 0.171. The molecule has 0 spiro atoms. The first kappa shape index (κ1) is 13.2. The summed E-state index contributed by atoms with van der Waals surface area (Å²) < 4.78 is 31.2. The van der Waals surface area contributed by atoms with Gasteiger partial charge in [-0.15, -0.1) is 0 Å². The summed E-state index contributed by atoms with van der Waals surface area (Å²) in [5.41, 5.74) is 0.351. The Kier molecular flexibility index (Phi) is 3.48. The Bertz CT molecular complexity index is 615. The van der Waals surface area contributed by atoms with Crippen molar-refractivity contribution in [1.29, 1.82) is 0 Å². The monoisotopic (exact) mass is 280 g/mol. The molecule has 1 saturated carbocycles. The predicted molar refractivity (Wildman–Crippen MR) is 66.9 cm³/mol. The van der Waals surface area contributed by atoms with Crippen LogP contribution in [0.1, 0.15) is 37.5 Å². The van der Waals surface area contributed by atoms with Crippen LogP contribution in [0.15, 0.2) is 22.7 Å².